The Hall–Kier alpha value is 0.160. The van der Waals surface area contributed by atoms with Gasteiger partial charge in [0.05, 0.1) is 6.10 Å². The van der Waals surface area contributed by atoms with Gasteiger partial charge in [0.25, 0.3) is 0 Å². The van der Waals surface area contributed by atoms with Gasteiger partial charge in [-0.25, -0.2) is 0 Å². The molecule has 0 radical (unpaired) electrons. The van der Waals surface area contributed by atoms with Crippen LogP contribution in [0.1, 0.15) is 19.8 Å². The lowest BCUT2D eigenvalue weighted by Crippen LogP contribution is -2.21. The van der Waals surface area contributed by atoms with Crippen LogP contribution in [0.25, 0.3) is 0 Å². The Labute approximate surface area is 85.9 Å². The summed E-state index contributed by atoms with van der Waals surface area (Å²) in [7, 11) is 0. The lowest BCUT2D eigenvalue weighted by atomic mass is 10.2. The topological polar surface area (TPSA) is 35.5 Å². The van der Waals surface area contributed by atoms with Gasteiger partial charge in [0.1, 0.15) is 10.5 Å². The second-order valence-electron chi connectivity index (χ2n) is 2.88. The van der Waals surface area contributed by atoms with Gasteiger partial charge in [-0.15, -0.1) is 0 Å². The van der Waals surface area contributed by atoms with Gasteiger partial charge >= 0.3 is 5.97 Å². The quantitative estimate of drug-likeness (QED) is 0.448. The minimum atomic E-state index is -0.147. The van der Waals surface area contributed by atoms with Crippen molar-refractivity contribution in [1.82, 2.24) is 0 Å². The Morgan fingerprint density at radius 3 is 3.08 bits per heavy atom. The Kier molecular flexibility index (Phi) is 4.28. The molecule has 1 aliphatic heterocycles. The van der Waals surface area contributed by atoms with E-state index in [0.29, 0.717) is 6.61 Å². The first-order valence-corrected chi connectivity index (χ1v) is 5.37. The Bertz CT molecular complexity index is 152. The molecule has 1 saturated heterocycles. The molecule has 0 aromatic carbocycles. The van der Waals surface area contributed by atoms with E-state index in [4.69, 9.17) is 9.47 Å². The molecule has 0 saturated carbocycles. The zero-order chi connectivity index (χ0) is 8.97. The zero-order valence-electron chi connectivity index (χ0n) is 7.09. The van der Waals surface area contributed by atoms with Crippen LogP contribution >= 0.6 is 22.6 Å². The van der Waals surface area contributed by atoms with Crippen LogP contribution in [0.5, 0.6) is 0 Å². The van der Waals surface area contributed by atoms with Crippen molar-refractivity contribution in [2.75, 3.05) is 13.2 Å². The molecule has 1 heterocycles. The predicted molar refractivity (Wildman–Crippen MR) is 53.4 cm³/mol. The summed E-state index contributed by atoms with van der Waals surface area (Å²) < 4.78 is 10.3. The molecule has 2 unspecified atom stereocenters. The maximum absolute atomic E-state index is 11.0. The molecule has 0 bridgehead atoms. The third kappa shape index (κ3) is 3.26. The SMILES string of the molecule is CC(I)C(=O)OCC1CCCO1. The molecule has 70 valence electrons. The summed E-state index contributed by atoms with van der Waals surface area (Å²) >= 11 is 2.04. The highest BCUT2D eigenvalue weighted by Gasteiger charge is 2.18. The van der Waals surface area contributed by atoms with Crippen molar-refractivity contribution >= 4 is 28.6 Å². The standard InChI is InChI=1S/C8H13IO3/c1-6(9)8(10)12-5-7-3-2-4-11-7/h6-7H,2-5H2,1H3. The second-order valence-corrected chi connectivity index (χ2v) is 4.75. The third-order valence-electron chi connectivity index (χ3n) is 1.76. The second kappa shape index (κ2) is 5.01. The molecule has 0 spiro atoms. The number of halogens is 1. The molecular formula is C8H13IO3. The summed E-state index contributed by atoms with van der Waals surface area (Å²) in [6.45, 7) is 3.05. The maximum atomic E-state index is 11.0. The van der Waals surface area contributed by atoms with Crippen LogP contribution in [0, 0.1) is 0 Å². The largest absolute Gasteiger partial charge is 0.462 e. The van der Waals surface area contributed by atoms with Crippen LogP contribution < -0.4 is 0 Å². The fraction of sp³-hybridized carbons (Fsp3) is 0.875. The lowest BCUT2D eigenvalue weighted by molar-refractivity contribution is -0.145. The van der Waals surface area contributed by atoms with Crippen molar-refractivity contribution in [3.8, 4) is 0 Å². The molecule has 3 nitrogen and oxygen atoms in total. The highest BCUT2D eigenvalue weighted by Crippen LogP contribution is 2.12. The van der Waals surface area contributed by atoms with Crippen LogP contribution in [0.2, 0.25) is 0 Å². The average molecular weight is 284 g/mol. The minimum absolute atomic E-state index is 0.0657. The zero-order valence-corrected chi connectivity index (χ0v) is 9.24. The molecule has 0 amide bonds. The van der Waals surface area contributed by atoms with Crippen molar-refractivity contribution < 1.29 is 14.3 Å². The van der Waals surface area contributed by atoms with E-state index in [1.54, 1.807) is 0 Å². The normalized spacial score (nSPS) is 25.3. The first-order chi connectivity index (χ1) is 5.70. The van der Waals surface area contributed by atoms with Crippen LogP contribution in [-0.4, -0.2) is 29.2 Å². The summed E-state index contributed by atoms with van der Waals surface area (Å²) in [5.41, 5.74) is 0. The number of rotatable bonds is 3. The first-order valence-electron chi connectivity index (χ1n) is 4.12. The molecule has 12 heavy (non-hydrogen) atoms. The van der Waals surface area contributed by atoms with Crippen molar-refractivity contribution in [3.63, 3.8) is 0 Å². The van der Waals surface area contributed by atoms with E-state index in [-0.39, 0.29) is 16.0 Å². The van der Waals surface area contributed by atoms with Crippen molar-refractivity contribution in [1.29, 1.82) is 0 Å². The molecular weight excluding hydrogens is 271 g/mol. The van der Waals surface area contributed by atoms with E-state index in [1.807, 2.05) is 29.5 Å². The van der Waals surface area contributed by atoms with E-state index >= 15 is 0 Å². The van der Waals surface area contributed by atoms with Gasteiger partial charge in [-0.3, -0.25) is 4.79 Å². The summed E-state index contributed by atoms with van der Waals surface area (Å²) in [6, 6.07) is 0. The number of carbonyl (C=O) groups is 1. The minimum Gasteiger partial charge on any atom is -0.462 e. The van der Waals surface area contributed by atoms with Gasteiger partial charge in [-0.2, -0.15) is 0 Å². The Morgan fingerprint density at radius 2 is 2.58 bits per heavy atom. The van der Waals surface area contributed by atoms with Crippen molar-refractivity contribution in [3.05, 3.63) is 0 Å². The number of hydrogen-bond donors (Lipinski definition) is 0. The van der Waals surface area contributed by atoms with Gasteiger partial charge in [0.2, 0.25) is 0 Å². The highest BCUT2D eigenvalue weighted by molar-refractivity contribution is 14.1. The van der Waals surface area contributed by atoms with Gasteiger partial charge < -0.3 is 9.47 Å². The Morgan fingerprint density at radius 1 is 1.83 bits per heavy atom. The molecule has 0 aliphatic carbocycles. The lowest BCUT2D eigenvalue weighted by Gasteiger charge is -2.10. The maximum Gasteiger partial charge on any atom is 0.318 e. The molecule has 4 heteroatoms. The monoisotopic (exact) mass is 284 g/mol. The third-order valence-corrected chi connectivity index (χ3v) is 2.27. The van der Waals surface area contributed by atoms with Gasteiger partial charge in [-0.05, 0) is 19.8 Å². The van der Waals surface area contributed by atoms with E-state index in [1.165, 1.54) is 0 Å². The number of carbonyl (C=O) groups excluding carboxylic acids is 1. The summed E-state index contributed by atoms with van der Waals surface area (Å²) in [5.74, 6) is -0.147. The summed E-state index contributed by atoms with van der Waals surface area (Å²) in [6.07, 6.45) is 2.24. The van der Waals surface area contributed by atoms with Gasteiger partial charge in [0.15, 0.2) is 0 Å². The van der Waals surface area contributed by atoms with Crippen LogP contribution in [0.3, 0.4) is 0 Å². The van der Waals surface area contributed by atoms with Crippen molar-refractivity contribution in [2.45, 2.75) is 29.8 Å². The molecule has 1 rings (SSSR count). The van der Waals surface area contributed by atoms with Crippen molar-refractivity contribution in [2.24, 2.45) is 0 Å². The number of esters is 1. The fourth-order valence-corrected chi connectivity index (χ4v) is 1.25. The molecule has 2 atom stereocenters. The van der Waals surface area contributed by atoms with Crippen LogP contribution in [-0.2, 0) is 14.3 Å². The molecule has 0 aromatic heterocycles. The molecule has 1 aliphatic rings. The van der Waals surface area contributed by atoms with E-state index in [9.17, 15) is 4.79 Å². The summed E-state index contributed by atoms with van der Waals surface area (Å²) in [5, 5.41) is 0. The average Bonchev–Trinajstić information content (AvgIpc) is 2.51. The molecule has 0 aromatic rings. The van der Waals surface area contributed by atoms with E-state index in [2.05, 4.69) is 0 Å². The number of ether oxygens (including phenoxy) is 2. The first kappa shape index (κ1) is 10.2. The van der Waals surface area contributed by atoms with Gasteiger partial charge in [-0.1, -0.05) is 22.6 Å². The number of hydrogen-bond acceptors (Lipinski definition) is 3. The predicted octanol–water partition coefficient (Wildman–Crippen LogP) is 1.53. The summed E-state index contributed by atoms with van der Waals surface area (Å²) in [4.78, 5) is 11.0. The van der Waals surface area contributed by atoms with Crippen LogP contribution in [0.15, 0.2) is 0 Å². The highest BCUT2D eigenvalue weighted by atomic mass is 127. The number of alkyl halides is 1. The van der Waals surface area contributed by atoms with E-state index < -0.39 is 0 Å². The molecule has 0 N–H and O–H groups in total. The smallest absolute Gasteiger partial charge is 0.318 e. The Balaban J connectivity index is 2.12. The van der Waals surface area contributed by atoms with E-state index in [0.717, 1.165) is 19.4 Å². The molecule has 1 fully saturated rings. The van der Waals surface area contributed by atoms with Crippen LogP contribution in [0.4, 0.5) is 0 Å². The van der Waals surface area contributed by atoms with Gasteiger partial charge in [0, 0.05) is 6.61 Å². The fourth-order valence-electron chi connectivity index (χ4n) is 1.07.